The van der Waals surface area contributed by atoms with Gasteiger partial charge in [0.05, 0.1) is 0 Å². The lowest BCUT2D eigenvalue weighted by molar-refractivity contribution is 0.0126. The van der Waals surface area contributed by atoms with Crippen LogP contribution in [-0.2, 0) is 0 Å². The van der Waals surface area contributed by atoms with E-state index in [0.717, 1.165) is 13.0 Å². The summed E-state index contributed by atoms with van der Waals surface area (Å²) in [4.78, 5) is 2.56. The van der Waals surface area contributed by atoms with Crippen molar-refractivity contribution in [2.24, 2.45) is 11.1 Å². The molecule has 1 aliphatic rings. The Labute approximate surface area is 106 Å². The second-order valence-electron chi connectivity index (χ2n) is 6.57. The van der Waals surface area contributed by atoms with Gasteiger partial charge >= 0.3 is 0 Å². The van der Waals surface area contributed by atoms with Gasteiger partial charge in [-0.1, -0.05) is 27.2 Å². The minimum Gasteiger partial charge on any atom is -0.396 e. The molecule has 3 unspecified atom stereocenters. The van der Waals surface area contributed by atoms with E-state index >= 15 is 0 Å². The molecular weight excluding hydrogens is 212 g/mol. The van der Waals surface area contributed by atoms with Gasteiger partial charge < -0.3 is 10.8 Å². The molecule has 1 saturated heterocycles. The van der Waals surface area contributed by atoms with E-state index < -0.39 is 0 Å². The van der Waals surface area contributed by atoms with E-state index in [2.05, 4.69) is 32.6 Å². The summed E-state index contributed by atoms with van der Waals surface area (Å²) < 4.78 is 0. The van der Waals surface area contributed by atoms with Gasteiger partial charge in [-0.15, -0.1) is 0 Å². The fourth-order valence-corrected chi connectivity index (χ4v) is 3.44. The fraction of sp³-hybridized carbons (Fsp3) is 1.00. The molecule has 0 radical (unpaired) electrons. The number of likely N-dealkylation sites (tertiary alicyclic amines) is 1. The van der Waals surface area contributed by atoms with Gasteiger partial charge in [-0.3, -0.25) is 4.90 Å². The summed E-state index contributed by atoms with van der Waals surface area (Å²) in [5, 5.41) is 9.20. The monoisotopic (exact) mass is 242 g/mol. The molecule has 0 spiro atoms. The number of hydrogen-bond acceptors (Lipinski definition) is 3. The average molecular weight is 242 g/mol. The van der Waals surface area contributed by atoms with E-state index in [0.29, 0.717) is 12.1 Å². The highest BCUT2D eigenvalue weighted by Gasteiger charge is 2.37. The zero-order chi connectivity index (χ0) is 13.1. The quantitative estimate of drug-likeness (QED) is 0.792. The highest BCUT2D eigenvalue weighted by Crippen LogP contribution is 2.32. The summed E-state index contributed by atoms with van der Waals surface area (Å²) in [5.41, 5.74) is 6.40. The first-order valence-corrected chi connectivity index (χ1v) is 7.00. The summed E-state index contributed by atoms with van der Waals surface area (Å²) >= 11 is 0. The minimum atomic E-state index is 0.175. The maximum atomic E-state index is 9.20. The number of rotatable bonds is 4. The van der Waals surface area contributed by atoms with Gasteiger partial charge in [-0.05, 0) is 38.1 Å². The van der Waals surface area contributed by atoms with E-state index in [-0.39, 0.29) is 18.1 Å². The Bertz CT molecular complexity index is 221. The molecule has 0 amide bonds. The van der Waals surface area contributed by atoms with Crippen molar-refractivity contribution in [3.8, 4) is 0 Å². The molecule has 0 aliphatic carbocycles. The molecule has 3 heteroatoms. The van der Waals surface area contributed by atoms with Gasteiger partial charge in [-0.25, -0.2) is 0 Å². The van der Waals surface area contributed by atoms with Gasteiger partial charge in [0.25, 0.3) is 0 Å². The van der Waals surface area contributed by atoms with E-state index in [1.54, 1.807) is 0 Å². The molecular formula is C14H30N2O. The predicted molar refractivity (Wildman–Crippen MR) is 72.9 cm³/mol. The van der Waals surface area contributed by atoms with Crippen molar-refractivity contribution in [2.75, 3.05) is 13.2 Å². The van der Waals surface area contributed by atoms with Crippen LogP contribution in [0.4, 0.5) is 0 Å². The lowest BCUT2D eigenvalue weighted by Gasteiger charge is -2.48. The SMILES string of the molecule is CC(N)C(N1CCCCC1CCO)C(C)(C)C. The second-order valence-corrected chi connectivity index (χ2v) is 6.57. The van der Waals surface area contributed by atoms with Crippen molar-refractivity contribution in [2.45, 2.75) is 71.5 Å². The maximum Gasteiger partial charge on any atom is 0.0445 e. The fourth-order valence-electron chi connectivity index (χ4n) is 3.44. The lowest BCUT2D eigenvalue weighted by Crippen LogP contribution is -2.58. The summed E-state index contributed by atoms with van der Waals surface area (Å²) in [6.07, 6.45) is 4.65. The second kappa shape index (κ2) is 6.17. The summed E-state index contributed by atoms with van der Waals surface area (Å²) in [6.45, 7) is 10.3. The smallest absolute Gasteiger partial charge is 0.0445 e. The predicted octanol–water partition coefficient (Wildman–Crippen LogP) is 1.99. The van der Waals surface area contributed by atoms with Crippen LogP contribution >= 0.6 is 0 Å². The summed E-state index contributed by atoms with van der Waals surface area (Å²) in [5.74, 6) is 0. The molecule has 0 aromatic carbocycles. The van der Waals surface area contributed by atoms with Crippen molar-refractivity contribution in [1.82, 2.24) is 4.90 Å². The third kappa shape index (κ3) is 3.94. The molecule has 0 saturated carbocycles. The number of nitrogens with zero attached hydrogens (tertiary/aromatic N) is 1. The molecule has 1 rings (SSSR count). The molecule has 17 heavy (non-hydrogen) atoms. The number of aliphatic hydroxyl groups excluding tert-OH is 1. The van der Waals surface area contributed by atoms with Gasteiger partial charge in [0.1, 0.15) is 0 Å². The molecule has 1 fully saturated rings. The van der Waals surface area contributed by atoms with Crippen LogP contribution < -0.4 is 5.73 Å². The molecule has 0 aromatic rings. The first-order valence-electron chi connectivity index (χ1n) is 7.00. The van der Waals surface area contributed by atoms with Crippen molar-refractivity contribution >= 4 is 0 Å². The Balaban J connectivity index is 2.82. The van der Waals surface area contributed by atoms with E-state index in [9.17, 15) is 5.11 Å². The van der Waals surface area contributed by atoms with Crippen molar-refractivity contribution in [3.05, 3.63) is 0 Å². The highest BCUT2D eigenvalue weighted by molar-refractivity contribution is 4.93. The first kappa shape index (κ1) is 14.9. The molecule has 3 N–H and O–H groups in total. The number of nitrogens with two attached hydrogens (primary N) is 1. The Morgan fingerprint density at radius 2 is 2.00 bits per heavy atom. The Kier molecular flexibility index (Phi) is 5.42. The molecule has 1 aliphatic heterocycles. The summed E-state index contributed by atoms with van der Waals surface area (Å²) in [7, 11) is 0. The molecule has 1 heterocycles. The normalized spacial score (nSPS) is 26.8. The third-order valence-electron chi connectivity index (χ3n) is 3.88. The Morgan fingerprint density at radius 3 is 2.47 bits per heavy atom. The first-order chi connectivity index (χ1) is 7.88. The van der Waals surface area contributed by atoms with Gasteiger partial charge in [0, 0.05) is 24.7 Å². The van der Waals surface area contributed by atoms with Crippen LogP contribution in [0.3, 0.4) is 0 Å². The summed E-state index contributed by atoms with van der Waals surface area (Å²) in [6, 6.07) is 1.10. The zero-order valence-corrected chi connectivity index (χ0v) is 11.9. The molecule has 3 atom stereocenters. The van der Waals surface area contributed by atoms with Crippen LogP contribution in [0.25, 0.3) is 0 Å². The highest BCUT2D eigenvalue weighted by atomic mass is 16.3. The van der Waals surface area contributed by atoms with Crippen LogP contribution in [-0.4, -0.2) is 41.3 Å². The van der Waals surface area contributed by atoms with Crippen molar-refractivity contribution < 1.29 is 5.11 Å². The van der Waals surface area contributed by atoms with Crippen LogP contribution in [0.15, 0.2) is 0 Å². The Morgan fingerprint density at radius 1 is 1.35 bits per heavy atom. The molecule has 3 nitrogen and oxygen atoms in total. The van der Waals surface area contributed by atoms with E-state index in [1.165, 1.54) is 19.3 Å². The van der Waals surface area contributed by atoms with Crippen LogP contribution in [0, 0.1) is 5.41 Å². The van der Waals surface area contributed by atoms with E-state index in [1.807, 2.05) is 0 Å². The van der Waals surface area contributed by atoms with Gasteiger partial charge in [0.15, 0.2) is 0 Å². The third-order valence-corrected chi connectivity index (χ3v) is 3.88. The standard InChI is InChI=1S/C14H30N2O/c1-11(15)13(14(2,3)4)16-9-6-5-7-12(16)8-10-17/h11-13,17H,5-10,15H2,1-4H3. The Hall–Kier alpha value is -0.120. The van der Waals surface area contributed by atoms with Crippen molar-refractivity contribution in [1.29, 1.82) is 0 Å². The zero-order valence-electron chi connectivity index (χ0n) is 11.9. The van der Waals surface area contributed by atoms with Crippen LogP contribution in [0.2, 0.25) is 0 Å². The maximum absolute atomic E-state index is 9.20. The van der Waals surface area contributed by atoms with Crippen LogP contribution in [0.5, 0.6) is 0 Å². The average Bonchev–Trinajstić information content (AvgIpc) is 2.18. The van der Waals surface area contributed by atoms with E-state index in [4.69, 9.17) is 5.73 Å². The number of hydrogen-bond donors (Lipinski definition) is 2. The molecule has 0 bridgehead atoms. The minimum absolute atomic E-state index is 0.175. The largest absolute Gasteiger partial charge is 0.396 e. The van der Waals surface area contributed by atoms with Gasteiger partial charge in [0.2, 0.25) is 0 Å². The van der Waals surface area contributed by atoms with Gasteiger partial charge in [-0.2, -0.15) is 0 Å². The van der Waals surface area contributed by atoms with Crippen LogP contribution in [0.1, 0.15) is 53.4 Å². The topological polar surface area (TPSA) is 49.5 Å². The number of aliphatic hydroxyl groups is 1. The van der Waals surface area contributed by atoms with Crippen molar-refractivity contribution in [3.63, 3.8) is 0 Å². The lowest BCUT2D eigenvalue weighted by atomic mass is 9.79. The number of piperidine rings is 1. The molecule has 102 valence electrons. The molecule has 0 aromatic heterocycles.